The van der Waals surface area contributed by atoms with Crippen molar-refractivity contribution in [2.45, 2.75) is 12.1 Å². The van der Waals surface area contributed by atoms with Gasteiger partial charge in [-0.1, -0.05) is 47.5 Å². The molecule has 2 nitrogen and oxygen atoms in total. The molecule has 4 heteroatoms. The highest BCUT2D eigenvalue weighted by atomic mass is 35.5. The van der Waals surface area contributed by atoms with Gasteiger partial charge < -0.3 is 5.32 Å². The number of benzene rings is 2. The van der Waals surface area contributed by atoms with Crippen molar-refractivity contribution >= 4 is 29.5 Å². The summed E-state index contributed by atoms with van der Waals surface area (Å²) in [5, 5.41) is 4.62. The second-order valence-corrected chi connectivity index (χ2v) is 5.28. The maximum atomic E-state index is 5.92. The van der Waals surface area contributed by atoms with Gasteiger partial charge in [-0.3, -0.25) is 4.99 Å². The minimum Gasteiger partial charge on any atom is -0.358 e. The van der Waals surface area contributed by atoms with Crippen molar-refractivity contribution < 1.29 is 0 Å². The van der Waals surface area contributed by atoms with Gasteiger partial charge in [-0.15, -0.1) is 0 Å². The van der Waals surface area contributed by atoms with Crippen LogP contribution in [0.4, 0.5) is 0 Å². The predicted molar refractivity (Wildman–Crippen MR) is 79.0 cm³/mol. The Hall–Kier alpha value is -1.51. The Labute approximate surface area is 122 Å². The quantitative estimate of drug-likeness (QED) is 0.877. The molecular weight excluding hydrogens is 279 g/mol. The molecule has 0 bridgehead atoms. The van der Waals surface area contributed by atoms with E-state index in [9.17, 15) is 0 Å². The number of rotatable bonds is 2. The summed E-state index contributed by atoms with van der Waals surface area (Å²) < 4.78 is 0. The van der Waals surface area contributed by atoms with Crippen LogP contribution in [0, 0.1) is 0 Å². The lowest BCUT2D eigenvalue weighted by molar-refractivity contribution is 0.573. The molecule has 0 saturated carbocycles. The lowest BCUT2D eigenvalue weighted by Gasteiger charge is -2.19. The molecule has 1 aliphatic heterocycles. The van der Waals surface area contributed by atoms with E-state index in [-0.39, 0.29) is 12.1 Å². The number of nitrogens with zero attached hydrogens (tertiary/aromatic N) is 1. The molecule has 0 unspecified atom stereocenters. The van der Waals surface area contributed by atoms with Gasteiger partial charge in [0, 0.05) is 10.0 Å². The van der Waals surface area contributed by atoms with Gasteiger partial charge in [-0.2, -0.15) is 0 Å². The molecule has 3 rings (SSSR count). The third-order valence-corrected chi connectivity index (χ3v) is 3.68. The molecular formula is C15H11Cl2N2. The van der Waals surface area contributed by atoms with Gasteiger partial charge in [0.2, 0.25) is 0 Å². The summed E-state index contributed by atoms with van der Waals surface area (Å²) in [6.45, 7) is 0. The summed E-state index contributed by atoms with van der Waals surface area (Å²) in [6.07, 6.45) is 2.86. The van der Waals surface area contributed by atoms with Gasteiger partial charge in [0.15, 0.2) is 6.34 Å². The first-order chi connectivity index (χ1) is 9.24. The van der Waals surface area contributed by atoms with Crippen LogP contribution in [0.3, 0.4) is 0 Å². The van der Waals surface area contributed by atoms with Crippen LogP contribution in [0.2, 0.25) is 10.0 Å². The van der Waals surface area contributed by atoms with Gasteiger partial charge in [-0.05, 0) is 35.4 Å². The van der Waals surface area contributed by atoms with Crippen LogP contribution in [-0.4, -0.2) is 6.34 Å². The second kappa shape index (κ2) is 5.24. The molecule has 0 spiro atoms. The van der Waals surface area contributed by atoms with Crippen LogP contribution in [0.5, 0.6) is 0 Å². The first-order valence-corrected chi connectivity index (χ1v) is 6.71. The molecule has 19 heavy (non-hydrogen) atoms. The summed E-state index contributed by atoms with van der Waals surface area (Å²) >= 11 is 11.8. The summed E-state index contributed by atoms with van der Waals surface area (Å²) in [7, 11) is 0. The van der Waals surface area contributed by atoms with Crippen molar-refractivity contribution in [1.82, 2.24) is 5.32 Å². The van der Waals surface area contributed by atoms with Gasteiger partial charge in [0.05, 0.1) is 6.04 Å². The summed E-state index contributed by atoms with van der Waals surface area (Å²) in [5.74, 6) is 0. The first-order valence-electron chi connectivity index (χ1n) is 5.95. The molecule has 0 fully saturated rings. The Morgan fingerprint density at radius 2 is 1.37 bits per heavy atom. The van der Waals surface area contributed by atoms with Crippen molar-refractivity contribution in [3.63, 3.8) is 0 Å². The molecule has 1 N–H and O–H groups in total. The fourth-order valence-corrected chi connectivity index (χ4v) is 2.44. The largest absolute Gasteiger partial charge is 0.358 e. The van der Waals surface area contributed by atoms with Crippen LogP contribution in [-0.2, 0) is 0 Å². The fraction of sp³-hybridized carbons (Fsp3) is 0.133. The van der Waals surface area contributed by atoms with E-state index in [4.69, 9.17) is 23.2 Å². The Bertz CT molecular complexity index is 591. The Kier molecular flexibility index (Phi) is 3.45. The highest BCUT2D eigenvalue weighted by molar-refractivity contribution is 6.30. The third-order valence-electron chi connectivity index (χ3n) is 3.18. The van der Waals surface area contributed by atoms with Crippen LogP contribution >= 0.6 is 23.2 Å². The van der Waals surface area contributed by atoms with Gasteiger partial charge in [0.1, 0.15) is 6.04 Å². The third kappa shape index (κ3) is 2.60. The van der Waals surface area contributed by atoms with E-state index in [1.807, 2.05) is 48.5 Å². The van der Waals surface area contributed by atoms with E-state index >= 15 is 0 Å². The molecule has 0 aromatic heterocycles. The topological polar surface area (TPSA) is 24.4 Å². The molecule has 2 aromatic carbocycles. The molecule has 2 aromatic rings. The highest BCUT2D eigenvalue weighted by Gasteiger charge is 2.27. The molecule has 1 radical (unpaired) electrons. The van der Waals surface area contributed by atoms with Crippen molar-refractivity contribution in [2.75, 3.05) is 0 Å². The van der Waals surface area contributed by atoms with Crippen LogP contribution in [0.1, 0.15) is 23.2 Å². The number of hydrogen-bond donors (Lipinski definition) is 1. The number of nitrogens with one attached hydrogen (secondary N) is 1. The Morgan fingerprint density at radius 3 is 1.95 bits per heavy atom. The minimum atomic E-state index is 0.0124. The SMILES string of the molecule is Clc1ccc([C@H]2N=[C]N[C@H]2c2ccc(Cl)cc2)cc1. The Balaban J connectivity index is 1.90. The normalized spacial score (nSPS) is 21.4. The number of aliphatic imine (C=N–C) groups is 1. The zero-order valence-corrected chi connectivity index (χ0v) is 11.5. The predicted octanol–water partition coefficient (Wildman–Crippen LogP) is 4.28. The Morgan fingerprint density at radius 1 is 0.842 bits per heavy atom. The van der Waals surface area contributed by atoms with Crippen LogP contribution in [0.15, 0.2) is 53.5 Å². The summed E-state index contributed by atoms with van der Waals surface area (Å²) in [6, 6.07) is 15.6. The number of hydrogen-bond acceptors (Lipinski definition) is 2. The van der Waals surface area contributed by atoms with E-state index in [1.165, 1.54) is 0 Å². The van der Waals surface area contributed by atoms with E-state index in [0.29, 0.717) is 0 Å². The zero-order chi connectivity index (χ0) is 13.2. The standard InChI is InChI=1S/C15H11Cl2N2/c16-12-5-1-10(2-6-12)14-15(19-9-18-14)11-3-7-13(17)8-4-11/h1-8,14-15H,(H,18,19)/t14-,15+. The van der Waals surface area contributed by atoms with Gasteiger partial charge in [-0.25, -0.2) is 0 Å². The van der Waals surface area contributed by atoms with Crippen LogP contribution in [0.25, 0.3) is 0 Å². The minimum absolute atomic E-state index is 0.0124. The van der Waals surface area contributed by atoms with Crippen LogP contribution < -0.4 is 5.32 Å². The van der Waals surface area contributed by atoms with E-state index < -0.39 is 0 Å². The van der Waals surface area contributed by atoms with E-state index in [0.717, 1.165) is 21.2 Å². The van der Waals surface area contributed by atoms with Crippen molar-refractivity contribution in [3.8, 4) is 0 Å². The second-order valence-electron chi connectivity index (χ2n) is 4.41. The molecule has 2 atom stereocenters. The molecule has 0 aliphatic carbocycles. The molecule has 0 amide bonds. The number of halogens is 2. The molecule has 0 saturated heterocycles. The van der Waals surface area contributed by atoms with Crippen molar-refractivity contribution in [1.29, 1.82) is 0 Å². The monoisotopic (exact) mass is 289 g/mol. The summed E-state index contributed by atoms with van der Waals surface area (Å²) in [5.41, 5.74) is 2.25. The zero-order valence-electron chi connectivity index (χ0n) is 9.98. The lowest BCUT2D eigenvalue weighted by atomic mass is 9.95. The van der Waals surface area contributed by atoms with Crippen molar-refractivity contribution in [3.05, 3.63) is 69.7 Å². The highest BCUT2D eigenvalue weighted by Crippen LogP contribution is 2.35. The van der Waals surface area contributed by atoms with Gasteiger partial charge >= 0.3 is 0 Å². The molecule has 1 heterocycles. The average Bonchev–Trinajstić information content (AvgIpc) is 2.90. The van der Waals surface area contributed by atoms with E-state index in [2.05, 4.69) is 16.6 Å². The lowest BCUT2D eigenvalue weighted by Crippen LogP contribution is -2.18. The van der Waals surface area contributed by atoms with E-state index in [1.54, 1.807) is 0 Å². The fourth-order valence-electron chi connectivity index (χ4n) is 2.19. The maximum Gasteiger partial charge on any atom is 0.165 e. The molecule has 95 valence electrons. The van der Waals surface area contributed by atoms with Crippen molar-refractivity contribution in [2.24, 2.45) is 4.99 Å². The van der Waals surface area contributed by atoms with Gasteiger partial charge in [0.25, 0.3) is 0 Å². The first kappa shape index (κ1) is 12.5. The smallest absolute Gasteiger partial charge is 0.165 e. The maximum absolute atomic E-state index is 5.92. The summed E-state index contributed by atoms with van der Waals surface area (Å²) in [4.78, 5) is 4.38. The molecule has 1 aliphatic rings. The average molecular weight is 290 g/mol.